The summed E-state index contributed by atoms with van der Waals surface area (Å²) in [5.41, 5.74) is 0.967. The van der Waals surface area contributed by atoms with Gasteiger partial charge in [-0.05, 0) is 36.8 Å². The van der Waals surface area contributed by atoms with Crippen molar-refractivity contribution in [3.8, 4) is 17.6 Å². The number of para-hydroxylation sites is 1. The van der Waals surface area contributed by atoms with Gasteiger partial charge in [0.1, 0.15) is 11.9 Å². The zero-order valence-corrected chi connectivity index (χ0v) is 17.6. The summed E-state index contributed by atoms with van der Waals surface area (Å²) in [7, 11) is 1.52. The number of rotatable bonds is 7. The molecule has 7 nitrogen and oxygen atoms in total. The van der Waals surface area contributed by atoms with Gasteiger partial charge in [0.05, 0.1) is 24.2 Å². The second-order valence-electron chi connectivity index (χ2n) is 6.13. The number of hydrogen-bond acceptors (Lipinski definition) is 6. The molecule has 0 saturated heterocycles. The number of ether oxygens (including phenoxy) is 2. The van der Waals surface area contributed by atoms with Crippen molar-refractivity contribution in [3.05, 3.63) is 62.6 Å². The van der Waals surface area contributed by atoms with E-state index in [1.807, 2.05) is 25.1 Å². The molecule has 0 aliphatic rings. The first-order valence-electron chi connectivity index (χ1n) is 9.01. The molecule has 148 valence electrons. The highest BCUT2D eigenvalue weighted by Gasteiger charge is 2.12. The minimum Gasteiger partial charge on any atom is -0.493 e. The van der Waals surface area contributed by atoms with Gasteiger partial charge in [0.25, 0.3) is 5.56 Å². The van der Waals surface area contributed by atoms with Crippen LogP contribution in [0, 0.1) is 11.3 Å². The summed E-state index contributed by atoms with van der Waals surface area (Å²) < 4.78 is 12.9. The van der Waals surface area contributed by atoms with Gasteiger partial charge in [-0.25, -0.2) is 4.98 Å². The third-order valence-electron chi connectivity index (χ3n) is 4.17. The highest BCUT2D eigenvalue weighted by Crippen LogP contribution is 2.30. The van der Waals surface area contributed by atoms with Crippen LogP contribution in [-0.4, -0.2) is 29.6 Å². The SMILES string of the molecule is CCCc1nc2ccc(Br)cc2c(=O)n1N=Cc1cccc(OC)c1OCC#N. The number of nitrogens with zero attached hydrogens (tertiary/aromatic N) is 4. The van der Waals surface area contributed by atoms with Crippen molar-refractivity contribution < 1.29 is 9.47 Å². The molecule has 0 amide bonds. The first-order valence-corrected chi connectivity index (χ1v) is 9.80. The van der Waals surface area contributed by atoms with Crippen LogP contribution in [0.4, 0.5) is 0 Å². The van der Waals surface area contributed by atoms with Crippen LogP contribution in [0.1, 0.15) is 24.7 Å². The fraction of sp³-hybridized carbons (Fsp3) is 0.238. The van der Waals surface area contributed by atoms with Crippen LogP contribution < -0.4 is 15.0 Å². The van der Waals surface area contributed by atoms with Crippen LogP contribution in [0.5, 0.6) is 11.5 Å². The lowest BCUT2D eigenvalue weighted by Gasteiger charge is -2.11. The largest absolute Gasteiger partial charge is 0.493 e. The Morgan fingerprint density at radius 3 is 2.90 bits per heavy atom. The number of halogens is 1. The summed E-state index contributed by atoms with van der Waals surface area (Å²) >= 11 is 3.39. The van der Waals surface area contributed by atoms with Crippen LogP contribution in [-0.2, 0) is 6.42 Å². The zero-order valence-electron chi connectivity index (χ0n) is 16.1. The topological polar surface area (TPSA) is 89.5 Å². The van der Waals surface area contributed by atoms with E-state index in [1.54, 1.807) is 24.3 Å². The fourth-order valence-electron chi connectivity index (χ4n) is 2.87. The number of aromatic nitrogens is 2. The van der Waals surface area contributed by atoms with Gasteiger partial charge in [-0.2, -0.15) is 15.0 Å². The van der Waals surface area contributed by atoms with Gasteiger partial charge in [0, 0.05) is 16.5 Å². The molecule has 3 aromatic rings. The Kier molecular flexibility index (Phi) is 6.62. The maximum Gasteiger partial charge on any atom is 0.282 e. The highest BCUT2D eigenvalue weighted by molar-refractivity contribution is 9.10. The Balaban J connectivity index is 2.13. The molecule has 0 fully saturated rings. The zero-order chi connectivity index (χ0) is 20.8. The summed E-state index contributed by atoms with van der Waals surface area (Å²) in [5.74, 6) is 1.44. The Morgan fingerprint density at radius 1 is 1.34 bits per heavy atom. The number of aryl methyl sites for hydroxylation is 1. The molecule has 3 rings (SSSR count). The second-order valence-corrected chi connectivity index (χ2v) is 7.04. The number of nitriles is 1. The Bertz CT molecular complexity index is 1170. The molecule has 0 atom stereocenters. The van der Waals surface area contributed by atoms with Gasteiger partial charge in [-0.1, -0.05) is 28.9 Å². The highest BCUT2D eigenvalue weighted by atomic mass is 79.9. The minimum atomic E-state index is -0.251. The number of benzene rings is 2. The predicted molar refractivity (Wildman–Crippen MR) is 115 cm³/mol. The summed E-state index contributed by atoms with van der Waals surface area (Å²) in [6.45, 7) is 1.88. The maximum absolute atomic E-state index is 13.1. The third kappa shape index (κ3) is 4.46. The van der Waals surface area contributed by atoms with E-state index in [0.29, 0.717) is 40.2 Å². The Labute approximate surface area is 176 Å². The molecule has 0 aliphatic carbocycles. The average molecular weight is 455 g/mol. The van der Waals surface area contributed by atoms with Gasteiger partial charge < -0.3 is 9.47 Å². The van der Waals surface area contributed by atoms with E-state index in [1.165, 1.54) is 18.0 Å². The van der Waals surface area contributed by atoms with Crippen LogP contribution in [0.3, 0.4) is 0 Å². The lowest BCUT2D eigenvalue weighted by Crippen LogP contribution is -2.22. The van der Waals surface area contributed by atoms with E-state index < -0.39 is 0 Å². The molecule has 29 heavy (non-hydrogen) atoms. The Hall–Kier alpha value is -3.18. The molecular formula is C21H19BrN4O3. The fourth-order valence-corrected chi connectivity index (χ4v) is 3.23. The first-order chi connectivity index (χ1) is 14.1. The van der Waals surface area contributed by atoms with Crippen molar-refractivity contribution in [1.29, 1.82) is 5.26 Å². The van der Waals surface area contributed by atoms with E-state index in [2.05, 4.69) is 26.0 Å². The van der Waals surface area contributed by atoms with Crippen LogP contribution >= 0.6 is 15.9 Å². The van der Waals surface area contributed by atoms with E-state index >= 15 is 0 Å². The molecule has 0 radical (unpaired) electrons. The number of fused-ring (bicyclic) bond motifs is 1. The van der Waals surface area contributed by atoms with E-state index in [4.69, 9.17) is 14.7 Å². The molecule has 2 aromatic carbocycles. The quantitative estimate of drug-likeness (QED) is 0.504. The van der Waals surface area contributed by atoms with Gasteiger partial charge >= 0.3 is 0 Å². The third-order valence-corrected chi connectivity index (χ3v) is 4.66. The van der Waals surface area contributed by atoms with Crippen LogP contribution in [0.25, 0.3) is 10.9 Å². The monoisotopic (exact) mass is 454 g/mol. The van der Waals surface area contributed by atoms with Gasteiger partial charge in [-0.3, -0.25) is 4.79 Å². The van der Waals surface area contributed by atoms with Crippen molar-refractivity contribution in [2.45, 2.75) is 19.8 Å². The molecule has 0 spiro atoms. The molecule has 0 saturated carbocycles. The molecule has 0 aliphatic heterocycles. The first kappa shape index (κ1) is 20.6. The van der Waals surface area contributed by atoms with E-state index in [-0.39, 0.29) is 12.2 Å². The number of methoxy groups -OCH3 is 1. The predicted octanol–water partition coefficient (Wildman–Crippen LogP) is 3.90. The molecule has 0 N–H and O–H groups in total. The number of hydrogen-bond donors (Lipinski definition) is 0. The summed E-state index contributed by atoms with van der Waals surface area (Å²) in [6.07, 6.45) is 2.94. The van der Waals surface area contributed by atoms with Gasteiger partial charge in [-0.15, -0.1) is 0 Å². The molecule has 1 heterocycles. The molecule has 1 aromatic heterocycles. The van der Waals surface area contributed by atoms with Crippen LogP contribution in [0.2, 0.25) is 0 Å². The summed E-state index contributed by atoms with van der Waals surface area (Å²) in [4.78, 5) is 17.7. The normalized spacial score (nSPS) is 11.0. The van der Waals surface area contributed by atoms with Gasteiger partial charge in [0.2, 0.25) is 0 Å². The van der Waals surface area contributed by atoms with Crippen molar-refractivity contribution in [2.24, 2.45) is 5.10 Å². The lowest BCUT2D eigenvalue weighted by molar-refractivity contribution is 0.329. The van der Waals surface area contributed by atoms with E-state index in [9.17, 15) is 4.79 Å². The Morgan fingerprint density at radius 2 is 2.17 bits per heavy atom. The summed E-state index contributed by atoms with van der Waals surface area (Å²) in [5, 5.41) is 13.7. The molecule has 8 heteroatoms. The minimum absolute atomic E-state index is 0.131. The molecule has 0 bridgehead atoms. The lowest BCUT2D eigenvalue weighted by atomic mass is 10.2. The molecular weight excluding hydrogens is 436 g/mol. The van der Waals surface area contributed by atoms with Crippen molar-refractivity contribution >= 4 is 33.0 Å². The smallest absolute Gasteiger partial charge is 0.282 e. The second kappa shape index (κ2) is 9.34. The van der Waals surface area contributed by atoms with Crippen molar-refractivity contribution in [3.63, 3.8) is 0 Å². The molecule has 0 unspecified atom stereocenters. The van der Waals surface area contributed by atoms with Gasteiger partial charge in [0.15, 0.2) is 18.1 Å². The van der Waals surface area contributed by atoms with Crippen molar-refractivity contribution in [2.75, 3.05) is 13.7 Å². The standard InChI is InChI=1S/C21H19BrN4O3/c1-3-5-19-25-17-9-8-15(22)12-16(17)21(27)26(19)24-13-14-6-4-7-18(28-2)20(14)29-11-10-23/h4,6-9,12-13H,3,5,11H2,1-2H3. The maximum atomic E-state index is 13.1. The van der Waals surface area contributed by atoms with Crippen LogP contribution in [0.15, 0.2) is 50.8 Å². The van der Waals surface area contributed by atoms with E-state index in [0.717, 1.165) is 10.9 Å². The average Bonchev–Trinajstić information content (AvgIpc) is 2.73. The van der Waals surface area contributed by atoms with Crippen molar-refractivity contribution in [1.82, 2.24) is 9.66 Å². The summed E-state index contributed by atoms with van der Waals surface area (Å²) in [6, 6.07) is 12.6.